The second-order valence-electron chi connectivity index (χ2n) is 31.8. The number of benzene rings is 6. The van der Waals surface area contributed by atoms with Crippen LogP contribution in [0.25, 0.3) is 0 Å². The number of carboxylic acid groups (broad SMARTS) is 2. The van der Waals surface area contributed by atoms with Gasteiger partial charge < -0.3 is 51.7 Å². The van der Waals surface area contributed by atoms with Gasteiger partial charge in [0.2, 0.25) is 11.4 Å². The Balaban J connectivity index is 0.000000315. The van der Waals surface area contributed by atoms with Gasteiger partial charge in [0.15, 0.2) is 11.4 Å². The molecule has 6 aromatic rings. The number of fused-ring (bicyclic) bond motifs is 4. The maximum absolute atomic E-state index is 11.9. The predicted molar refractivity (Wildman–Crippen MR) is 465 cm³/mol. The minimum absolute atomic E-state index is 0. The number of aliphatic carboxylic acids is 2. The Kier molecular flexibility index (Phi) is 37.6. The van der Waals surface area contributed by atoms with Crippen LogP contribution >= 0.6 is 0 Å². The average Bonchev–Trinajstić information content (AvgIpc) is 1.62. The van der Waals surface area contributed by atoms with E-state index in [0.29, 0.717) is 81.1 Å². The molecule has 6 aromatic carbocycles. The van der Waals surface area contributed by atoms with E-state index in [1.54, 1.807) is 0 Å². The summed E-state index contributed by atoms with van der Waals surface area (Å²) in [6, 6.07) is 45.0. The molecular weight excluding hydrogens is 1650 g/mol. The molecule has 0 radical (unpaired) electrons. The predicted octanol–water partition coefficient (Wildman–Crippen LogP) is 11.8. The van der Waals surface area contributed by atoms with E-state index in [-0.39, 0.29) is 105 Å². The van der Waals surface area contributed by atoms with Crippen molar-refractivity contribution in [3.63, 3.8) is 0 Å². The summed E-state index contributed by atoms with van der Waals surface area (Å²) in [7, 11) is -12.1. The number of carboxylic acids is 2. The first-order chi connectivity index (χ1) is 56.7. The maximum atomic E-state index is 11.9. The summed E-state index contributed by atoms with van der Waals surface area (Å²) >= 11 is -2.69. The average molecular weight is 1760 g/mol. The van der Waals surface area contributed by atoms with E-state index in [4.69, 9.17) is 22.1 Å². The number of nitrogens with zero attached hydrogens (tertiary/aromatic N) is 4. The summed E-state index contributed by atoms with van der Waals surface area (Å²) in [4.78, 5) is 27.2. The van der Waals surface area contributed by atoms with Crippen LogP contribution in [0.1, 0.15) is 193 Å². The van der Waals surface area contributed by atoms with Gasteiger partial charge in [-0.2, -0.15) is 29.5 Å². The minimum atomic E-state index is -4.61. The standard InChI is InChI=1S/C46H55N3O9S2.C46H54N2O6S.H3N.2Na.O3S/c1-5-6-31-48-39-18-9-7-16-37(39)45(2,3)41(48)27-21-33-14-11-15-34(44(33)57-35-23-25-36(26-24-35)60(54,55)56)22-28-42-46(4,29-12-20-43(50)51)38-17-8-10-19-40(38)49(42)32-13-30-47-58-59(52)53;1-6-8-32-48-39-19-11-9-17-37(39)45(3,4)41(48)28-22-33-15-13-16-34(44(33)54-35-24-26-36(27-25-35)55(51,52)53)23-29-42-46(5,30-14-21-43(49)50)38-18-10-12-20-40(38)47(42)31-7-2;;;;1-4(2)3/h7-10,16-19,21-28,47H,5-6,11-15,20,29-32H2,1-4H3,(H2-,50,51,52,53,54,55,56);9-12,17-20,22-29H,2,6-8,13-16,21,30-32H2,1,3-5H3,(H,49,50)(H,51,52,53);1H3;;;/q;;;2*+1;/p-1. The first-order valence-electron chi connectivity index (χ1n) is 40.5. The number of nitrogens with one attached hydrogen (secondary N) is 1. The van der Waals surface area contributed by atoms with Gasteiger partial charge in [0.1, 0.15) is 57.6 Å². The molecule has 0 aromatic heterocycles. The number of hydrogen-bond donors (Lipinski definition) is 5. The molecule has 0 saturated carbocycles. The normalized spacial score (nSPS) is 19.8. The van der Waals surface area contributed by atoms with Gasteiger partial charge >= 0.3 is 81.7 Å². The second kappa shape index (κ2) is 45.3. The summed E-state index contributed by atoms with van der Waals surface area (Å²) in [5.41, 5.74) is 18.9. The van der Waals surface area contributed by atoms with Crippen LogP contribution in [0.2, 0.25) is 0 Å². The smallest absolute Gasteiger partial charge is 0.748 e. The van der Waals surface area contributed by atoms with Crippen LogP contribution in [-0.4, -0.2) is 123 Å². The Morgan fingerprint density at radius 3 is 1.30 bits per heavy atom. The van der Waals surface area contributed by atoms with Gasteiger partial charge in [-0.25, -0.2) is 16.9 Å². The van der Waals surface area contributed by atoms with E-state index in [2.05, 4.69) is 206 Å². The Hall–Kier alpha value is -7.85. The number of allylic oxidation sites excluding steroid dienone is 14. The van der Waals surface area contributed by atoms with Gasteiger partial charge in [0, 0.05) is 108 Å². The van der Waals surface area contributed by atoms with Crippen LogP contribution in [0, 0.1) is 6.92 Å². The van der Waals surface area contributed by atoms with Crippen molar-refractivity contribution in [3.8, 4) is 11.5 Å². The van der Waals surface area contributed by atoms with Crippen LogP contribution < -0.4 is 90.0 Å². The summed E-state index contributed by atoms with van der Waals surface area (Å²) < 4.78 is 139. The van der Waals surface area contributed by atoms with Crippen molar-refractivity contribution in [2.75, 3.05) is 42.5 Å². The van der Waals surface area contributed by atoms with Crippen molar-refractivity contribution in [2.45, 2.75) is 202 Å². The molecule has 3 unspecified atom stereocenters. The number of hydrogen-bond acceptors (Lipinski definition) is 19. The molecule has 0 amide bonds. The van der Waals surface area contributed by atoms with Gasteiger partial charge in [-0.15, -0.1) is 12.6 Å². The van der Waals surface area contributed by atoms with Gasteiger partial charge in [-0.05, 0) is 237 Å². The van der Waals surface area contributed by atoms with Crippen LogP contribution in [0.4, 0.5) is 22.7 Å². The van der Waals surface area contributed by atoms with Crippen LogP contribution in [0.5, 0.6) is 11.5 Å². The molecule has 24 nitrogen and oxygen atoms in total. The fraction of sp³-hybridized carbons (Fsp3) is 0.380. The molecule has 30 heteroatoms. The van der Waals surface area contributed by atoms with Gasteiger partial charge in [-0.3, -0.25) is 14.1 Å². The molecule has 4 aliphatic heterocycles. The van der Waals surface area contributed by atoms with Crippen molar-refractivity contribution < 1.29 is 149 Å². The largest absolute Gasteiger partial charge is 1.00 e. The second-order valence-corrected chi connectivity index (χ2v) is 35.6. The third kappa shape index (κ3) is 24.6. The van der Waals surface area contributed by atoms with Crippen molar-refractivity contribution in [2.24, 2.45) is 0 Å². The van der Waals surface area contributed by atoms with Crippen LogP contribution in [0.3, 0.4) is 0 Å². The number of anilines is 2. The summed E-state index contributed by atoms with van der Waals surface area (Å²) in [6.45, 7) is 25.3. The molecule has 2 aliphatic carbocycles. The van der Waals surface area contributed by atoms with Crippen molar-refractivity contribution in [3.05, 3.63) is 269 Å². The Bertz CT molecular complexity index is 5480. The molecule has 4 heterocycles. The number of unbranched alkanes of at least 4 members (excludes halogenated alkanes) is 2. The third-order valence-electron chi connectivity index (χ3n) is 23.1. The van der Waals surface area contributed by atoms with Gasteiger partial charge in [-0.1, -0.05) is 112 Å². The molecule has 0 spiro atoms. The molecule has 7 N–H and O–H groups in total. The van der Waals surface area contributed by atoms with E-state index < -0.39 is 65.0 Å². The zero-order chi connectivity index (χ0) is 86.0. The van der Waals surface area contributed by atoms with E-state index in [1.807, 2.05) is 30.3 Å². The Labute approximate surface area is 767 Å². The zero-order valence-electron chi connectivity index (χ0n) is 71.5. The van der Waals surface area contributed by atoms with Gasteiger partial charge in [0.05, 0.1) is 20.6 Å². The molecule has 0 saturated heterocycles. The van der Waals surface area contributed by atoms with E-state index >= 15 is 0 Å². The number of ether oxygens (including phenoxy) is 2. The monoisotopic (exact) mass is 1760 g/mol. The Morgan fingerprint density at radius 2 is 0.926 bits per heavy atom. The molecule has 122 heavy (non-hydrogen) atoms. The zero-order valence-corrected chi connectivity index (χ0v) is 78.8. The quantitative estimate of drug-likeness (QED) is 0.00476. The SMILES string of the molecule is CCCC[N+]1=C(/C=C/C2=C(Oc3ccc(S(=O)(=O)O)cc3)C(=C/C=C3/N(CCCNOS(=O)[O-])c4ccccc4C3(C)CCCC(=O)O)/CCC2)C(C)(C)c2ccccc21.N.O=S(=O)=O.[CH2-]CCN1/C(=C/C=C2\CCCC(/C=C/C3=[N+](CCCC)c4ccccc4C3(C)C)=C2Oc2ccc(S(=O)(=O)[O-])cc2)C(C)(CCCC(=O)O)c2ccccc21.[Na+].[Na+]. The molecule has 0 fully saturated rings. The molecule has 3 atom stereocenters. The molecule has 12 rings (SSSR count). The summed E-state index contributed by atoms with van der Waals surface area (Å²) in [5, 5.41) is 19.1. The number of para-hydroxylation sites is 4. The van der Waals surface area contributed by atoms with Crippen molar-refractivity contribution in [1.82, 2.24) is 11.6 Å². The van der Waals surface area contributed by atoms with Gasteiger partial charge in [0.25, 0.3) is 10.1 Å². The van der Waals surface area contributed by atoms with Crippen molar-refractivity contribution in [1.29, 1.82) is 0 Å². The summed E-state index contributed by atoms with van der Waals surface area (Å²) in [5.74, 6) is 0.556. The molecule has 6 aliphatic rings. The minimum Gasteiger partial charge on any atom is -0.748 e. The fourth-order valence-corrected chi connectivity index (χ4v) is 18.3. The first kappa shape index (κ1) is 101. The molecule has 642 valence electrons. The molecule has 0 bridgehead atoms. The molecular formula is C92H111N6Na2O18S4+. The maximum Gasteiger partial charge on any atom is 1.00 e. The first-order valence-corrected chi connectivity index (χ1v) is 45.4. The fourth-order valence-electron chi connectivity index (χ4n) is 17.2. The number of carbonyl (C=O) groups is 2. The van der Waals surface area contributed by atoms with E-state index in [1.165, 1.54) is 88.0 Å². The van der Waals surface area contributed by atoms with E-state index in [9.17, 15) is 54.5 Å². The van der Waals surface area contributed by atoms with Crippen LogP contribution in [-0.2, 0) is 77.7 Å². The number of rotatable bonds is 34. The van der Waals surface area contributed by atoms with Crippen LogP contribution in [0.15, 0.2) is 249 Å². The van der Waals surface area contributed by atoms with Crippen molar-refractivity contribution >= 4 is 88.3 Å². The topological polar surface area (TPSA) is 365 Å². The summed E-state index contributed by atoms with van der Waals surface area (Å²) in [6.07, 6.45) is 29.9. The third-order valence-corrected chi connectivity index (χ3v) is 25.0. The number of hydroxylamine groups is 1. The van der Waals surface area contributed by atoms with E-state index in [0.717, 1.165) is 122 Å². The Morgan fingerprint density at radius 1 is 0.541 bits per heavy atom.